The van der Waals surface area contributed by atoms with Gasteiger partial charge in [0, 0.05) is 0 Å². The Morgan fingerprint density at radius 3 is 2.48 bits per heavy atom. The second-order valence-corrected chi connectivity index (χ2v) is 11.4. The van der Waals surface area contributed by atoms with Crippen LogP contribution in [0.1, 0.15) is 56.8 Å². The number of aryl methyl sites for hydroxylation is 1. The molecule has 0 aliphatic carbocycles. The average Bonchev–Trinajstić information content (AvgIpc) is 2.74. The van der Waals surface area contributed by atoms with Gasteiger partial charge in [0.25, 0.3) is 5.91 Å². The first kappa shape index (κ1) is 24.9. The summed E-state index contributed by atoms with van der Waals surface area (Å²) < 4.78 is 37.8. The monoisotopic (exact) mass is 474 g/mol. The van der Waals surface area contributed by atoms with Crippen LogP contribution in [0.3, 0.4) is 0 Å². The van der Waals surface area contributed by atoms with E-state index in [0.29, 0.717) is 17.9 Å². The lowest BCUT2D eigenvalue weighted by Gasteiger charge is -2.35. The summed E-state index contributed by atoms with van der Waals surface area (Å²) in [4.78, 5) is 13.2. The molecule has 2 aromatic carbocycles. The Kier molecular flexibility index (Phi) is 6.98. The number of hydrogen-bond acceptors (Lipinski definition) is 5. The lowest BCUT2D eigenvalue weighted by molar-refractivity contribution is -0.128. The molecule has 0 saturated carbocycles. The zero-order chi connectivity index (χ0) is 24.6. The summed E-state index contributed by atoms with van der Waals surface area (Å²) in [6.45, 7) is 10.0. The minimum Gasteiger partial charge on any atom is -0.496 e. The predicted molar refractivity (Wildman–Crippen MR) is 131 cm³/mol. The number of benzene rings is 2. The number of anilines is 1. The van der Waals surface area contributed by atoms with Crippen LogP contribution in [0.5, 0.6) is 11.5 Å². The molecular formula is C25H34N2O5S. The van der Waals surface area contributed by atoms with Crippen molar-refractivity contribution in [2.45, 2.75) is 58.6 Å². The molecule has 8 heteroatoms. The second kappa shape index (κ2) is 9.25. The highest BCUT2D eigenvalue weighted by atomic mass is 32.2. The Morgan fingerprint density at radius 1 is 1.24 bits per heavy atom. The molecule has 0 radical (unpaired) electrons. The van der Waals surface area contributed by atoms with Crippen LogP contribution in [0.25, 0.3) is 0 Å². The first-order valence-electron chi connectivity index (χ1n) is 11.1. The number of carbonyl (C=O) groups excluding carboxylic acids is 1. The van der Waals surface area contributed by atoms with Gasteiger partial charge in [0.05, 0.1) is 31.6 Å². The number of fused-ring (bicyclic) bond motifs is 1. The molecule has 2 aromatic rings. The highest BCUT2D eigenvalue weighted by Gasteiger charge is 2.36. The number of ether oxygens (including phenoxy) is 2. The maximum Gasteiger partial charge on any atom is 0.263 e. The molecule has 2 atom stereocenters. The highest BCUT2D eigenvalue weighted by molar-refractivity contribution is 7.92. The summed E-state index contributed by atoms with van der Waals surface area (Å²) in [5.74, 6) is 0.813. The van der Waals surface area contributed by atoms with Crippen molar-refractivity contribution in [3.8, 4) is 11.5 Å². The molecule has 7 nitrogen and oxygen atoms in total. The van der Waals surface area contributed by atoms with E-state index in [1.165, 1.54) is 4.31 Å². The normalized spacial score (nSPS) is 17.1. The molecular weight excluding hydrogens is 440 g/mol. The van der Waals surface area contributed by atoms with Crippen LogP contribution < -0.4 is 19.1 Å². The molecule has 0 aromatic heterocycles. The topological polar surface area (TPSA) is 84.9 Å². The summed E-state index contributed by atoms with van der Waals surface area (Å²) in [5, 5.41) is 3.03. The van der Waals surface area contributed by atoms with Crippen molar-refractivity contribution in [2.75, 3.05) is 24.2 Å². The smallest absolute Gasteiger partial charge is 0.263 e. The van der Waals surface area contributed by atoms with E-state index >= 15 is 0 Å². The molecule has 33 heavy (non-hydrogen) atoms. The van der Waals surface area contributed by atoms with Crippen LogP contribution in [0.2, 0.25) is 0 Å². The molecule has 1 aliphatic heterocycles. The van der Waals surface area contributed by atoms with Crippen LogP contribution in [0.4, 0.5) is 5.69 Å². The number of carbonyl (C=O) groups is 1. The zero-order valence-electron chi connectivity index (χ0n) is 20.4. The van der Waals surface area contributed by atoms with Crippen molar-refractivity contribution in [1.82, 2.24) is 5.32 Å². The van der Waals surface area contributed by atoms with E-state index in [0.717, 1.165) is 28.7 Å². The Hall–Kier alpha value is -2.74. The van der Waals surface area contributed by atoms with E-state index < -0.39 is 16.1 Å². The molecule has 0 unspecified atom stereocenters. The van der Waals surface area contributed by atoms with E-state index in [9.17, 15) is 13.2 Å². The number of nitrogens with one attached hydrogen (secondary N) is 1. The fraction of sp³-hybridized carbons (Fsp3) is 0.480. The Bertz CT molecular complexity index is 1140. The third-order valence-corrected chi connectivity index (χ3v) is 7.08. The summed E-state index contributed by atoms with van der Waals surface area (Å²) in [6.07, 6.45) is 0.863. The van der Waals surface area contributed by atoms with Gasteiger partial charge in [-0.15, -0.1) is 0 Å². The summed E-state index contributed by atoms with van der Waals surface area (Å²) in [5.41, 5.74) is 3.23. The van der Waals surface area contributed by atoms with Gasteiger partial charge in [0.2, 0.25) is 10.0 Å². The van der Waals surface area contributed by atoms with Crippen molar-refractivity contribution >= 4 is 21.6 Å². The third-order valence-electron chi connectivity index (χ3n) is 5.93. The van der Waals surface area contributed by atoms with E-state index in [1.807, 2.05) is 44.2 Å². The molecule has 180 valence electrons. The van der Waals surface area contributed by atoms with E-state index in [4.69, 9.17) is 9.47 Å². The molecule has 1 aliphatic rings. The first-order valence-corrected chi connectivity index (χ1v) is 12.9. The van der Waals surface area contributed by atoms with Gasteiger partial charge in [0.1, 0.15) is 11.5 Å². The van der Waals surface area contributed by atoms with Gasteiger partial charge in [-0.2, -0.15) is 0 Å². The Balaban J connectivity index is 1.88. The van der Waals surface area contributed by atoms with Crippen LogP contribution >= 0.6 is 0 Å². The summed E-state index contributed by atoms with van der Waals surface area (Å²) in [7, 11) is -1.99. The third kappa shape index (κ3) is 5.43. The van der Waals surface area contributed by atoms with Crippen LogP contribution in [0, 0.1) is 6.92 Å². The second-order valence-electron chi connectivity index (χ2n) is 9.53. The maximum absolute atomic E-state index is 13.2. The number of rotatable bonds is 6. The van der Waals surface area contributed by atoms with Gasteiger partial charge >= 0.3 is 0 Å². The van der Waals surface area contributed by atoms with Crippen molar-refractivity contribution in [1.29, 1.82) is 0 Å². The number of hydrogen-bond donors (Lipinski definition) is 1. The molecule has 0 spiro atoms. The van der Waals surface area contributed by atoms with E-state index in [1.54, 1.807) is 13.2 Å². The average molecular weight is 475 g/mol. The zero-order valence-corrected chi connectivity index (χ0v) is 21.2. The van der Waals surface area contributed by atoms with E-state index in [-0.39, 0.29) is 23.9 Å². The largest absolute Gasteiger partial charge is 0.496 e. The molecule has 0 fully saturated rings. The van der Waals surface area contributed by atoms with Crippen LogP contribution in [-0.4, -0.2) is 40.3 Å². The minimum atomic E-state index is -3.61. The number of amides is 1. The Labute approximate surface area is 197 Å². The van der Waals surface area contributed by atoms with Gasteiger partial charge in [-0.05, 0) is 53.6 Å². The van der Waals surface area contributed by atoms with Crippen molar-refractivity contribution in [3.05, 3.63) is 53.1 Å². The van der Waals surface area contributed by atoms with Crippen molar-refractivity contribution in [3.63, 3.8) is 0 Å². The highest BCUT2D eigenvalue weighted by Crippen LogP contribution is 2.38. The van der Waals surface area contributed by atoms with Gasteiger partial charge in [-0.3, -0.25) is 9.10 Å². The van der Waals surface area contributed by atoms with Gasteiger partial charge in [-0.1, -0.05) is 45.9 Å². The van der Waals surface area contributed by atoms with Crippen molar-refractivity contribution < 1.29 is 22.7 Å². The molecule has 0 bridgehead atoms. The predicted octanol–water partition coefficient (Wildman–Crippen LogP) is 4.10. The molecule has 0 saturated heterocycles. The fourth-order valence-corrected chi connectivity index (χ4v) is 4.88. The quantitative estimate of drug-likeness (QED) is 0.682. The van der Waals surface area contributed by atoms with Crippen LogP contribution in [0.15, 0.2) is 36.4 Å². The number of nitrogens with zero attached hydrogens (tertiary/aromatic N) is 1. The molecule has 1 heterocycles. The van der Waals surface area contributed by atoms with E-state index in [2.05, 4.69) is 26.1 Å². The first-order chi connectivity index (χ1) is 15.3. The molecule has 3 rings (SSSR count). The molecule has 1 N–H and O–H groups in total. The van der Waals surface area contributed by atoms with Crippen molar-refractivity contribution in [2.24, 2.45) is 0 Å². The number of methoxy groups -OCH3 is 1. The van der Waals surface area contributed by atoms with Gasteiger partial charge in [-0.25, -0.2) is 8.42 Å². The molecule has 1 amide bonds. The summed E-state index contributed by atoms with van der Waals surface area (Å²) >= 11 is 0. The van der Waals surface area contributed by atoms with Gasteiger partial charge in [0.15, 0.2) is 6.10 Å². The lowest BCUT2D eigenvalue weighted by Crippen LogP contribution is -2.51. The fourth-order valence-electron chi connectivity index (χ4n) is 3.97. The van der Waals surface area contributed by atoms with Crippen LogP contribution in [-0.2, 0) is 20.2 Å². The standard InChI is InChI=1S/C25H34N2O5S/c1-8-19(17-9-11-21(31-6)16(2)13-17)26-24(28)23-15-27(33(7,29)30)20-14-18(25(3,4)5)10-12-22(20)32-23/h9-14,19,23H,8,15H2,1-7H3,(H,26,28)/t19-,23+/m1/s1. The Morgan fingerprint density at radius 2 is 1.94 bits per heavy atom. The number of sulfonamides is 1. The SMILES string of the molecule is CC[C@@H](NC(=O)[C@@H]1CN(S(C)(=O)=O)c2cc(C(C)(C)C)ccc2O1)c1ccc(OC)c(C)c1. The minimum absolute atomic E-state index is 0.0800. The lowest BCUT2D eigenvalue weighted by atomic mass is 9.86. The maximum atomic E-state index is 13.2. The van der Waals surface area contributed by atoms with Gasteiger partial charge < -0.3 is 14.8 Å². The summed E-state index contributed by atoms with van der Waals surface area (Å²) in [6, 6.07) is 11.0.